The second-order valence-electron chi connectivity index (χ2n) is 4.23. The normalized spacial score (nSPS) is 19.8. The van der Waals surface area contributed by atoms with E-state index in [9.17, 15) is 9.59 Å². The fourth-order valence-electron chi connectivity index (χ4n) is 2.01. The van der Waals surface area contributed by atoms with Gasteiger partial charge in [-0.25, -0.2) is 5.01 Å². The van der Waals surface area contributed by atoms with Gasteiger partial charge in [0, 0.05) is 5.71 Å². The monoisotopic (exact) mass is 240 g/mol. The third kappa shape index (κ3) is 2.84. The van der Waals surface area contributed by atoms with Gasteiger partial charge < -0.3 is 4.74 Å². The summed E-state index contributed by atoms with van der Waals surface area (Å²) >= 11 is 0. The first-order chi connectivity index (χ1) is 8.04. The zero-order chi connectivity index (χ0) is 13.0. The molecule has 0 saturated heterocycles. The van der Waals surface area contributed by atoms with Crippen molar-refractivity contribution in [2.75, 3.05) is 7.11 Å². The van der Waals surface area contributed by atoms with E-state index in [-0.39, 0.29) is 24.3 Å². The van der Waals surface area contributed by atoms with Crippen LogP contribution in [0, 0.1) is 5.92 Å². The summed E-state index contributed by atoms with van der Waals surface area (Å²) in [4.78, 5) is 23.4. The molecule has 0 radical (unpaired) electrons. The van der Waals surface area contributed by atoms with Crippen LogP contribution in [-0.4, -0.2) is 35.7 Å². The molecule has 17 heavy (non-hydrogen) atoms. The highest BCUT2D eigenvalue weighted by Crippen LogP contribution is 2.23. The maximum Gasteiger partial charge on any atom is 0.306 e. The Balaban J connectivity index is 2.77. The van der Waals surface area contributed by atoms with Gasteiger partial charge in [0.15, 0.2) is 0 Å². The van der Waals surface area contributed by atoms with Crippen LogP contribution in [0.2, 0.25) is 0 Å². The number of methoxy groups -OCH3 is 1. The quantitative estimate of drug-likeness (QED) is 0.685. The van der Waals surface area contributed by atoms with Gasteiger partial charge in [0.05, 0.1) is 25.5 Å². The second-order valence-corrected chi connectivity index (χ2v) is 4.23. The van der Waals surface area contributed by atoms with Crippen LogP contribution in [0.4, 0.5) is 0 Å². The van der Waals surface area contributed by atoms with E-state index in [1.807, 2.05) is 13.8 Å². The largest absolute Gasteiger partial charge is 0.469 e. The molecule has 1 atom stereocenters. The van der Waals surface area contributed by atoms with Gasteiger partial charge in [0.1, 0.15) is 0 Å². The van der Waals surface area contributed by atoms with Gasteiger partial charge in [0.25, 0.3) is 5.91 Å². The Kier molecular flexibility index (Phi) is 4.66. The highest BCUT2D eigenvalue weighted by atomic mass is 16.5. The van der Waals surface area contributed by atoms with Crippen molar-refractivity contribution in [3.63, 3.8) is 0 Å². The number of carbonyl (C=O) groups is 2. The third-order valence-electron chi connectivity index (χ3n) is 3.18. The van der Waals surface area contributed by atoms with E-state index in [4.69, 9.17) is 0 Å². The Labute approximate surface area is 102 Å². The van der Waals surface area contributed by atoms with E-state index in [2.05, 4.69) is 9.84 Å². The molecule has 5 nitrogen and oxygen atoms in total. The lowest BCUT2D eigenvalue weighted by Crippen LogP contribution is -2.36. The molecule has 1 aliphatic heterocycles. The van der Waals surface area contributed by atoms with Gasteiger partial charge in [-0.3, -0.25) is 9.59 Å². The molecule has 0 aromatic carbocycles. The lowest BCUT2D eigenvalue weighted by molar-refractivity contribution is -0.145. The Morgan fingerprint density at radius 1 is 1.47 bits per heavy atom. The molecule has 0 saturated carbocycles. The number of hydrogen-bond acceptors (Lipinski definition) is 4. The van der Waals surface area contributed by atoms with Crippen LogP contribution in [0.1, 0.15) is 40.0 Å². The van der Waals surface area contributed by atoms with E-state index in [1.54, 1.807) is 6.92 Å². The summed E-state index contributed by atoms with van der Waals surface area (Å²) in [6.45, 7) is 5.84. The molecule has 0 aliphatic carbocycles. The van der Waals surface area contributed by atoms with Crippen LogP contribution >= 0.6 is 0 Å². The molecule has 0 aromatic heterocycles. The van der Waals surface area contributed by atoms with Crippen molar-refractivity contribution >= 4 is 17.6 Å². The van der Waals surface area contributed by atoms with Crippen LogP contribution in [0.5, 0.6) is 0 Å². The molecule has 96 valence electrons. The number of hydrogen-bond donors (Lipinski definition) is 0. The minimum Gasteiger partial charge on any atom is -0.469 e. The number of esters is 1. The van der Waals surface area contributed by atoms with Gasteiger partial charge in [-0.2, -0.15) is 5.10 Å². The molecule has 1 aliphatic rings. The van der Waals surface area contributed by atoms with Crippen molar-refractivity contribution < 1.29 is 14.3 Å². The SMILES string of the molecule is CCC(CC)N1N=C(C)C(CC(=O)OC)C1=O. The van der Waals surface area contributed by atoms with Gasteiger partial charge in [-0.15, -0.1) is 0 Å². The fraction of sp³-hybridized carbons (Fsp3) is 0.750. The molecule has 1 heterocycles. The van der Waals surface area contributed by atoms with Gasteiger partial charge >= 0.3 is 5.97 Å². The van der Waals surface area contributed by atoms with E-state index >= 15 is 0 Å². The summed E-state index contributed by atoms with van der Waals surface area (Å²) in [6.07, 6.45) is 1.81. The molecule has 0 bridgehead atoms. The molecular weight excluding hydrogens is 220 g/mol. The molecule has 0 N–H and O–H groups in total. The number of carbonyl (C=O) groups excluding carboxylic acids is 2. The zero-order valence-electron chi connectivity index (χ0n) is 10.9. The highest BCUT2D eigenvalue weighted by molar-refractivity contribution is 6.08. The average Bonchev–Trinajstić information content (AvgIpc) is 2.59. The van der Waals surface area contributed by atoms with Gasteiger partial charge in [-0.05, 0) is 19.8 Å². The lowest BCUT2D eigenvalue weighted by Gasteiger charge is -2.22. The predicted molar refractivity (Wildman–Crippen MR) is 64.4 cm³/mol. The zero-order valence-corrected chi connectivity index (χ0v) is 10.9. The number of nitrogens with zero attached hydrogens (tertiary/aromatic N) is 2. The minimum atomic E-state index is -0.442. The number of ether oxygens (including phenoxy) is 1. The van der Waals surface area contributed by atoms with Crippen molar-refractivity contribution in [1.82, 2.24) is 5.01 Å². The standard InChI is InChI=1S/C12H20N2O3/c1-5-9(6-2)14-12(16)10(8(3)13-14)7-11(15)17-4/h9-10H,5-7H2,1-4H3. The number of rotatable bonds is 5. The molecule has 1 rings (SSSR count). The van der Waals surface area contributed by atoms with Crippen LogP contribution < -0.4 is 0 Å². The summed E-state index contributed by atoms with van der Waals surface area (Å²) in [5.74, 6) is -0.894. The summed E-state index contributed by atoms with van der Waals surface area (Å²) in [7, 11) is 1.33. The Morgan fingerprint density at radius 3 is 2.53 bits per heavy atom. The summed E-state index contributed by atoms with van der Waals surface area (Å²) in [6, 6.07) is 0.125. The van der Waals surface area contributed by atoms with Crippen molar-refractivity contribution in [3.8, 4) is 0 Å². The summed E-state index contributed by atoms with van der Waals surface area (Å²) in [5.41, 5.74) is 0.701. The number of amides is 1. The van der Waals surface area contributed by atoms with E-state index in [0.717, 1.165) is 12.8 Å². The molecule has 5 heteroatoms. The lowest BCUT2D eigenvalue weighted by atomic mass is 10.00. The third-order valence-corrected chi connectivity index (χ3v) is 3.18. The van der Waals surface area contributed by atoms with Gasteiger partial charge in [0.2, 0.25) is 0 Å². The Hall–Kier alpha value is -1.39. The van der Waals surface area contributed by atoms with Crippen LogP contribution in [0.15, 0.2) is 5.10 Å². The molecular formula is C12H20N2O3. The van der Waals surface area contributed by atoms with Crippen LogP contribution in [-0.2, 0) is 14.3 Å². The van der Waals surface area contributed by atoms with Gasteiger partial charge in [-0.1, -0.05) is 13.8 Å². The van der Waals surface area contributed by atoms with E-state index in [0.29, 0.717) is 5.71 Å². The Morgan fingerprint density at radius 2 is 2.06 bits per heavy atom. The fourth-order valence-corrected chi connectivity index (χ4v) is 2.01. The Bertz CT molecular complexity index is 335. The first-order valence-electron chi connectivity index (χ1n) is 6.00. The number of hydrazone groups is 1. The highest BCUT2D eigenvalue weighted by Gasteiger charge is 2.37. The van der Waals surface area contributed by atoms with E-state index in [1.165, 1.54) is 12.1 Å². The topological polar surface area (TPSA) is 59.0 Å². The van der Waals surface area contributed by atoms with Crippen molar-refractivity contribution in [2.24, 2.45) is 11.0 Å². The summed E-state index contributed by atoms with van der Waals surface area (Å²) in [5, 5.41) is 5.80. The molecule has 0 fully saturated rings. The smallest absolute Gasteiger partial charge is 0.306 e. The average molecular weight is 240 g/mol. The first-order valence-corrected chi connectivity index (χ1v) is 6.00. The van der Waals surface area contributed by atoms with E-state index < -0.39 is 5.92 Å². The molecule has 1 amide bonds. The second kappa shape index (κ2) is 5.80. The van der Waals surface area contributed by atoms with Crippen molar-refractivity contribution in [3.05, 3.63) is 0 Å². The molecule has 0 spiro atoms. The van der Waals surface area contributed by atoms with Crippen molar-refractivity contribution in [1.29, 1.82) is 0 Å². The minimum absolute atomic E-state index is 0.0819. The van der Waals surface area contributed by atoms with Crippen LogP contribution in [0.25, 0.3) is 0 Å². The molecule has 0 aromatic rings. The summed E-state index contributed by atoms with van der Waals surface area (Å²) < 4.78 is 4.59. The predicted octanol–water partition coefficient (Wildman–Crippen LogP) is 1.57. The molecule has 1 unspecified atom stereocenters. The maximum absolute atomic E-state index is 12.1. The maximum atomic E-state index is 12.1. The first kappa shape index (κ1) is 13.7. The van der Waals surface area contributed by atoms with Crippen molar-refractivity contribution in [2.45, 2.75) is 46.1 Å². The van der Waals surface area contributed by atoms with Crippen LogP contribution in [0.3, 0.4) is 0 Å².